The van der Waals surface area contributed by atoms with Gasteiger partial charge in [-0.1, -0.05) is 18.5 Å². The second-order valence-electron chi connectivity index (χ2n) is 5.33. The van der Waals surface area contributed by atoms with Crippen molar-refractivity contribution in [2.75, 3.05) is 18.5 Å². The zero-order valence-electron chi connectivity index (χ0n) is 14.0. The van der Waals surface area contributed by atoms with E-state index >= 15 is 0 Å². The van der Waals surface area contributed by atoms with E-state index in [1.807, 2.05) is 6.92 Å². The first-order valence-corrected chi connectivity index (χ1v) is 10.4. The van der Waals surface area contributed by atoms with Gasteiger partial charge in [-0.15, -0.1) is 0 Å². The molecule has 0 heterocycles. The topological polar surface area (TPSA) is 84.5 Å². The van der Waals surface area contributed by atoms with Gasteiger partial charge in [0.05, 0.1) is 9.37 Å². The zero-order chi connectivity index (χ0) is 19.2. The van der Waals surface area contributed by atoms with Crippen LogP contribution in [0, 0.1) is 0 Å². The lowest BCUT2D eigenvalue weighted by atomic mass is 10.3. The predicted molar refractivity (Wildman–Crippen MR) is 105 cm³/mol. The van der Waals surface area contributed by atoms with E-state index in [-0.39, 0.29) is 17.4 Å². The van der Waals surface area contributed by atoms with Crippen molar-refractivity contribution in [3.8, 4) is 5.75 Å². The third-order valence-corrected chi connectivity index (χ3v) is 5.57. The molecule has 2 aromatic rings. The number of ether oxygens (including phenoxy) is 1. The van der Waals surface area contributed by atoms with Crippen LogP contribution in [0.3, 0.4) is 0 Å². The molecule has 140 valence electrons. The Labute approximate surface area is 166 Å². The van der Waals surface area contributed by atoms with Crippen LogP contribution >= 0.6 is 27.5 Å². The van der Waals surface area contributed by atoms with Crippen LogP contribution < -0.4 is 14.8 Å². The Kier molecular flexibility index (Phi) is 7.45. The van der Waals surface area contributed by atoms with Gasteiger partial charge in [-0.25, -0.2) is 13.1 Å². The molecule has 0 unspecified atom stereocenters. The van der Waals surface area contributed by atoms with Crippen molar-refractivity contribution in [3.05, 3.63) is 52.0 Å². The summed E-state index contributed by atoms with van der Waals surface area (Å²) in [6.45, 7) is 2.06. The number of rotatable bonds is 8. The first-order valence-electron chi connectivity index (χ1n) is 7.79. The molecule has 0 spiro atoms. The van der Waals surface area contributed by atoms with Gasteiger partial charge in [0.15, 0.2) is 6.61 Å². The third-order valence-electron chi connectivity index (χ3n) is 3.24. The minimum absolute atomic E-state index is 0.144. The standard InChI is InChI=1S/C17H18BrClN2O4S/c1-2-9-20-26(23,24)14-6-4-13(5-7-14)21-17(22)11-25-16-8-3-12(19)10-15(16)18/h3-8,10,20H,2,9,11H2,1H3,(H,21,22). The van der Waals surface area contributed by atoms with Gasteiger partial charge in [-0.3, -0.25) is 4.79 Å². The number of benzene rings is 2. The summed E-state index contributed by atoms with van der Waals surface area (Å²) in [4.78, 5) is 12.1. The number of nitrogens with one attached hydrogen (secondary N) is 2. The smallest absolute Gasteiger partial charge is 0.262 e. The van der Waals surface area contributed by atoms with Crippen LogP contribution in [0.1, 0.15) is 13.3 Å². The Morgan fingerprint density at radius 1 is 1.19 bits per heavy atom. The van der Waals surface area contributed by atoms with E-state index in [1.54, 1.807) is 18.2 Å². The normalized spacial score (nSPS) is 11.2. The molecule has 9 heteroatoms. The van der Waals surface area contributed by atoms with Crippen LogP contribution in [0.25, 0.3) is 0 Å². The average molecular weight is 462 g/mol. The highest BCUT2D eigenvalue weighted by molar-refractivity contribution is 9.10. The molecule has 2 rings (SSSR count). The van der Waals surface area contributed by atoms with Crippen LogP contribution in [0.2, 0.25) is 5.02 Å². The minimum Gasteiger partial charge on any atom is -0.483 e. The molecule has 0 aliphatic rings. The lowest BCUT2D eigenvalue weighted by Gasteiger charge is -2.10. The molecule has 2 aromatic carbocycles. The summed E-state index contributed by atoms with van der Waals surface area (Å²) < 4.78 is 32.6. The molecule has 0 aliphatic carbocycles. The molecule has 1 amide bonds. The van der Waals surface area contributed by atoms with E-state index in [0.717, 1.165) is 0 Å². The van der Waals surface area contributed by atoms with Gasteiger partial charge in [0.2, 0.25) is 10.0 Å². The fourth-order valence-electron chi connectivity index (χ4n) is 1.97. The van der Waals surface area contributed by atoms with E-state index in [2.05, 4.69) is 26.0 Å². The highest BCUT2D eigenvalue weighted by atomic mass is 79.9. The van der Waals surface area contributed by atoms with E-state index < -0.39 is 10.0 Å². The highest BCUT2D eigenvalue weighted by Gasteiger charge is 2.13. The number of hydrogen-bond acceptors (Lipinski definition) is 4. The summed E-state index contributed by atoms with van der Waals surface area (Å²) in [6.07, 6.45) is 0.705. The second kappa shape index (κ2) is 9.36. The van der Waals surface area contributed by atoms with Crippen LogP contribution in [0.4, 0.5) is 5.69 Å². The van der Waals surface area contributed by atoms with E-state index in [1.165, 1.54) is 24.3 Å². The molecule has 26 heavy (non-hydrogen) atoms. The van der Waals surface area contributed by atoms with E-state index in [0.29, 0.717) is 33.9 Å². The summed E-state index contributed by atoms with van der Waals surface area (Å²) in [6, 6.07) is 10.9. The molecule has 0 bridgehead atoms. The Morgan fingerprint density at radius 2 is 1.88 bits per heavy atom. The number of halogens is 2. The quantitative estimate of drug-likeness (QED) is 0.626. The van der Waals surface area contributed by atoms with E-state index in [9.17, 15) is 13.2 Å². The van der Waals surface area contributed by atoms with Gasteiger partial charge in [-0.05, 0) is 64.8 Å². The zero-order valence-corrected chi connectivity index (χ0v) is 17.1. The first kappa shape index (κ1) is 20.7. The molecule has 0 aliphatic heterocycles. The van der Waals surface area contributed by atoms with Crippen molar-refractivity contribution in [1.82, 2.24) is 4.72 Å². The maximum atomic E-state index is 12.0. The number of carbonyl (C=O) groups is 1. The maximum Gasteiger partial charge on any atom is 0.262 e. The van der Waals surface area contributed by atoms with Crippen LogP contribution in [0.15, 0.2) is 51.8 Å². The number of anilines is 1. The van der Waals surface area contributed by atoms with Crippen molar-refractivity contribution in [2.45, 2.75) is 18.2 Å². The predicted octanol–water partition coefficient (Wildman–Crippen LogP) is 3.81. The van der Waals surface area contributed by atoms with Crippen molar-refractivity contribution in [3.63, 3.8) is 0 Å². The Morgan fingerprint density at radius 3 is 2.50 bits per heavy atom. The molecule has 0 fully saturated rings. The van der Waals surface area contributed by atoms with Crippen molar-refractivity contribution >= 4 is 49.1 Å². The Bertz CT molecular complexity index is 873. The summed E-state index contributed by atoms with van der Waals surface area (Å²) >= 11 is 9.15. The molecular weight excluding hydrogens is 444 g/mol. The summed E-state index contributed by atoms with van der Waals surface area (Å²) in [7, 11) is -3.53. The maximum absolute atomic E-state index is 12.0. The minimum atomic E-state index is -3.53. The van der Waals surface area contributed by atoms with Crippen molar-refractivity contribution < 1.29 is 17.9 Å². The molecule has 0 radical (unpaired) electrons. The van der Waals surface area contributed by atoms with Gasteiger partial charge in [0, 0.05) is 17.3 Å². The first-order chi connectivity index (χ1) is 12.3. The largest absolute Gasteiger partial charge is 0.483 e. The highest BCUT2D eigenvalue weighted by Crippen LogP contribution is 2.27. The summed E-state index contributed by atoms with van der Waals surface area (Å²) in [5.41, 5.74) is 0.475. The molecular formula is C17H18BrClN2O4S. The third kappa shape index (κ3) is 5.98. The second-order valence-corrected chi connectivity index (χ2v) is 8.39. The summed E-state index contributed by atoms with van der Waals surface area (Å²) in [5, 5.41) is 3.20. The fraction of sp³-hybridized carbons (Fsp3) is 0.235. The van der Waals surface area contributed by atoms with Crippen LogP contribution in [0.5, 0.6) is 5.75 Å². The van der Waals surface area contributed by atoms with Crippen LogP contribution in [-0.4, -0.2) is 27.5 Å². The number of amides is 1. The fourth-order valence-corrected chi connectivity index (χ4v) is 3.90. The number of sulfonamides is 1. The lowest BCUT2D eigenvalue weighted by molar-refractivity contribution is -0.118. The summed E-state index contributed by atoms with van der Waals surface area (Å²) in [5.74, 6) is 0.125. The molecule has 6 nitrogen and oxygen atoms in total. The Hall–Kier alpha value is -1.61. The lowest BCUT2D eigenvalue weighted by Crippen LogP contribution is -2.24. The SMILES string of the molecule is CCCNS(=O)(=O)c1ccc(NC(=O)COc2ccc(Cl)cc2Br)cc1. The van der Waals surface area contributed by atoms with Gasteiger partial charge < -0.3 is 10.1 Å². The monoisotopic (exact) mass is 460 g/mol. The van der Waals surface area contributed by atoms with Crippen molar-refractivity contribution in [1.29, 1.82) is 0 Å². The van der Waals surface area contributed by atoms with E-state index in [4.69, 9.17) is 16.3 Å². The van der Waals surface area contributed by atoms with Gasteiger partial charge >= 0.3 is 0 Å². The molecule has 0 saturated carbocycles. The Balaban J connectivity index is 1.93. The molecule has 0 atom stereocenters. The number of carbonyl (C=O) groups excluding carboxylic acids is 1. The molecule has 2 N–H and O–H groups in total. The van der Waals surface area contributed by atoms with Crippen LogP contribution in [-0.2, 0) is 14.8 Å². The van der Waals surface area contributed by atoms with Crippen molar-refractivity contribution in [2.24, 2.45) is 0 Å². The van der Waals surface area contributed by atoms with Gasteiger partial charge in [-0.2, -0.15) is 0 Å². The average Bonchev–Trinajstić information content (AvgIpc) is 2.60. The van der Waals surface area contributed by atoms with Gasteiger partial charge in [0.25, 0.3) is 5.91 Å². The molecule has 0 saturated heterocycles. The van der Waals surface area contributed by atoms with Gasteiger partial charge in [0.1, 0.15) is 5.75 Å². The molecule has 0 aromatic heterocycles. The number of hydrogen-bond donors (Lipinski definition) is 2.